The molecule has 1 fully saturated rings. The van der Waals surface area contributed by atoms with Gasteiger partial charge in [0.05, 0.1) is 0 Å². The van der Waals surface area contributed by atoms with Crippen molar-refractivity contribution in [2.75, 3.05) is 13.1 Å². The Morgan fingerprint density at radius 1 is 1.07 bits per heavy atom. The third kappa shape index (κ3) is 2.98. The number of nitrogens with zero attached hydrogens (tertiary/aromatic N) is 1. The molecule has 1 heteroatoms. The van der Waals surface area contributed by atoms with E-state index >= 15 is 0 Å². The van der Waals surface area contributed by atoms with Crippen molar-refractivity contribution >= 4 is 0 Å². The quantitative estimate of drug-likeness (QED) is 0.651. The van der Waals surface area contributed by atoms with Gasteiger partial charge in [0.15, 0.2) is 0 Å². The van der Waals surface area contributed by atoms with E-state index in [9.17, 15) is 0 Å². The molecule has 1 aliphatic heterocycles. The summed E-state index contributed by atoms with van der Waals surface area (Å²) in [5.41, 5.74) is 0. The first kappa shape index (κ1) is 12.0. The van der Waals surface area contributed by atoms with Crippen molar-refractivity contribution in [2.45, 2.75) is 59.4 Å². The molecule has 0 aromatic rings. The maximum Gasteiger partial charge on any atom is 0.00950 e. The van der Waals surface area contributed by atoms with E-state index < -0.39 is 0 Å². The van der Waals surface area contributed by atoms with Crippen molar-refractivity contribution in [2.24, 2.45) is 11.8 Å². The highest BCUT2D eigenvalue weighted by Gasteiger charge is 2.25. The van der Waals surface area contributed by atoms with Crippen molar-refractivity contribution in [1.29, 1.82) is 0 Å². The first-order chi connectivity index (χ1) is 6.66. The van der Waals surface area contributed by atoms with Gasteiger partial charge < -0.3 is 4.90 Å². The summed E-state index contributed by atoms with van der Waals surface area (Å²) >= 11 is 0. The zero-order chi connectivity index (χ0) is 10.6. The Kier molecular flexibility index (Phi) is 4.94. The Morgan fingerprint density at radius 3 is 2.14 bits per heavy atom. The lowest BCUT2D eigenvalue weighted by Crippen LogP contribution is -2.37. The largest absolute Gasteiger partial charge is 0.300 e. The summed E-state index contributed by atoms with van der Waals surface area (Å²) in [6, 6.07) is 0.791. The summed E-state index contributed by atoms with van der Waals surface area (Å²) in [6.07, 6.45) is 5.55. The third-order valence-corrected chi connectivity index (χ3v) is 4.12. The normalized spacial score (nSPS) is 24.9. The van der Waals surface area contributed by atoms with Gasteiger partial charge in [0.2, 0.25) is 0 Å². The lowest BCUT2D eigenvalue weighted by molar-refractivity contribution is 0.156. The van der Waals surface area contributed by atoms with Crippen LogP contribution in [0.1, 0.15) is 53.4 Å². The van der Waals surface area contributed by atoms with E-state index in [4.69, 9.17) is 0 Å². The molecule has 3 atom stereocenters. The van der Waals surface area contributed by atoms with Crippen LogP contribution in [0.5, 0.6) is 0 Å². The Bertz CT molecular complexity index is 149. The molecule has 3 unspecified atom stereocenters. The highest BCUT2D eigenvalue weighted by atomic mass is 15.2. The van der Waals surface area contributed by atoms with Crippen molar-refractivity contribution in [1.82, 2.24) is 4.90 Å². The molecule has 1 rings (SSSR count). The molecule has 1 heterocycles. The molecule has 0 spiro atoms. The van der Waals surface area contributed by atoms with Crippen molar-refractivity contribution in [3.8, 4) is 0 Å². The standard InChI is InChI=1S/C13H27N/c1-5-8-11(2)12(3)13(4)14-9-6-7-10-14/h11-13H,5-10H2,1-4H3. The SMILES string of the molecule is CCCC(C)C(C)C(C)N1CCCC1. The second-order valence-corrected chi connectivity index (χ2v) is 5.11. The van der Waals surface area contributed by atoms with E-state index in [2.05, 4.69) is 32.6 Å². The molecular weight excluding hydrogens is 170 g/mol. The van der Waals surface area contributed by atoms with Crippen LogP contribution in [-0.2, 0) is 0 Å². The molecule has 84 valence electrons. The van der Waals surface area contributed by atoms with E-state index in [0.29, 0.717) is 0 Å². The van der Waals surface area contributed by atoms with E-state index in [0.717, 1.165) is 17.9 Å². The Morgan fingerprint density at radius 2 is 1.64 bits per heavy atom. The van der Waals surface area contributed by atoms with Gasteiger partial charge in [0.25, 0.3) is 0 Å². The minimum absolute atomic E-state index is 0.791. The fourth-order valence-corrected chi connectivity index (χ4v) is 2.68. The van der Waals surface area contributed by atoms with Gasteiger partial charge >= 0.3 is 0 Å². The lowest BCUT2D eigenvalue weighted by Gasteiger charge is -2.33. The van der Waals surface area contributed by atoms with Crippen molar-refractivity contribution in [3.63, 3.8) is 0 Å². The predicted octanol–water partition coefficient (Wildman–Crippen LogP) is 3.54. The maximum absolute atomic E-state index is 2.68. The van der Waals surface area contributed by atoms with Crippen LogP contribution in [0.15, 0.2) is 0 Å². The molecular formula is C13H27N. The first-order valence-electron chi connectivity index (χ1n) is 6.40. The summed E-state index contributed by atoms with van der Waals surface area (Å²) < 4.78 is 0. The molecule has 0 aromatic heterocycles. The summed E-state index contributed by atoms with van der Waals surface area (Å²) in [5.74, 6) is 1.74. The molecule has 0 amide bonds. The van der Waals surface area contributed by atoms with Crippen LogP contribution in [0.25, 0.3) is 0 Å². The molecule has 1 aliphatic rings. The Labute approximate surface area is 89.9 Å². The highest BCUT2D eigenvalue weighted by Crippen LogP contribution is 2.25. The van der Waals surface area contributed by atoms with E-state index in [1.54, 1.807) is 0 Å². The van der Waals surface area contributed by atoms with Crippen LogP contribution in [0.2, 0.25) is 0 Å². The number of hydrogen-bond donors (Lipinski definition) is 0. The fraction of sp³-hybridized carbons (Fsp3) is 1.00. The van der Waals surface area contributed by atoms with Crippen LogP contribution in [0.3, 0.4) is 0 Å². The average Bonchev–Trinajstić information content (AvgIpc) is 2.68. The van der Waals surface area contributed by atoms with Gasteiger partial charge in [-0.3, -0.25) is 0 Å². The maximum atomic E-state index is 2.68. The van der Waals surface area contributed by atoms with Crippen LogP contribution in [0, 0.1) is 11.8 Å². The Balaban J connectivity index is 2.37. The van der Waals surface area contributed by atoms with Crippen LogP contribution in [-0.4, -0.2) is 24.0 Å². The molecule has 0 aliphatic carbocycles. The van der Waals surface area contributed by atoms with Crippen molar-refractivity contribution < 1.29 is 0 Å². The molecule has 1 nitrogen and oxygen atoms in total. The zero-order valence-corrected chi connectivity index (χ0v) is 10.4. The average molecular weight is 197 g/mol. The predicted molar refractivity (Wildman–Crippen MR) is 63.5 cm³/mol. The van der Waals surface area contributed by atoms with Gasteiger partial charge in [-0.05, 0) is 44.7 Å². The van der Waals surface area contributed by atoms with Gasteiger partial charge in [-0.1, -0.05) is 33.6 Å². The smallest absolute Gasteiger partial charge is 0.00950 e. The molecule has 0 aromatic carbocycles. The molecule has 0 N–H and O–H groups in total. The molecule has 14 heavy (non-hydrogen) atoms. The van der Waals surface area contributed by atoms with Crippen LogP contribution >= 0.6 is 0 Å². The Hall–Kier alpha value is -0.0400. The van der Waals surface area contributed by atoms with Crippen molar-refractivity contribution in [3.05, 3.63) is 0 Å². The highest BCUT2D eigenvalue weighted by molar-refractivity contribution is 4.79. The van der Waals surface area contributed by atoms with Gasteiger partial charge in [-0.15, -0.1) is 0 Å². The van der Waals surface area contributed by atoms with Gasteiger partial charge in [-0.2, -0.15) is 0 Å². The van der Waals surface area contributed by atoms with E-state index in [-0.39, 0.29) is 0 Å². The first-order valence-corrected chi connectivity index (χ1v) is 6.40. The second kappa shape index (κ2) is 5.75. The second-order valence-electron chi connectivity index (χ2n) is 5.11. The topological polar surface area (TPSA) is 3.24 Å². The minimum Gasteiger partial charge on any atom is -0.300 e. The summed E-state index contributed by atoms with van der Waals surface area (Å²) in [6.45, 7) is 12.2. The van der Waals surface area contributed by atoms with Crippen LogP contribution < -0.4 is 0 Å². The number of rotatable bonds is 5. The fourth-order valence-electron chi connectivity index (χ4n) is 2.68. The molecule has 1 saturated heterocycles. The number of likely N-dealkylation sites (tertiary alicyclic amines) is 1. The van der Waals surface area contributed by atoms with E-state index in [1.807, 2.05) is 0 Å². The summed E-state index contributed by atoms with van der Waals surface area (Å²) in [4.78, 5) is 2.68. The third-order valence-electron chi connectivity index (χ3n) is 4.12. The zero-order valence-electron chi connectivity index (χ0n) is 10.4. The molecule has 0 bridgehead atoms. The molecule has 0 saturated carbocycles. The van der Waals surface area contributed by atoms with Crippen LogP contribution in [0.4, 0.5) is 0 Å². The summed E-state index contributed by atoms with van der Waals surface area (Å²) in [5, 5.41) is 0. The lowest BCUT2D eigenvalue weighted by atomic mass is 9.86. The van der Waals surface area contributed by atoms with Gasteiger partial charge in [0, 0.05) is 6.04 Å². The number of hydrogen-bond acceptors (Lipinski definition) is 1. The monoisotopic (exact) mass is 197 g/mol. The molecule has 0 radical (unpaired) electrons. The van der Waals surface area contributed by atoms with E-state index in [1.165, 1.54) is 38.8 Å². The van der Waals surface area contributed by atoms with Gasteiger partial charge in [-0.25, -0.2) is 0 Å². The minimum atomic E-state index is 0.791. The summed E-state index contributed by atoms with van der Waals surface area (Å²) in [7, 11) is 0. The van der Waals surface area contributed by atoms with Gasteiger partial charge in [0.1, 0.15) is 0 Å².